The number of imide groups is 1. The summed E-state index contributed by atoms with van der Waals surface area (Å²) in [5, 5.41) is 8.46. The van der Waals surface area contributed by atoms with E-state index in [1.54, 1.807) is 72.8 Å². The molecule has 0 radical (unpaired) electrons. The highest BCUT2D eigenvalue weighted by Crippen LogP contribution is 2.34. The minimum absolute atomic E-state index is 0.155. The summed E-state index contributed by atoms with van der Waals surface area (Å²) in [6, 6.07) is 22.0. The van der Waals surface area contributed by atoms with Crippen LogP contribution >= 0.6 is 0 Å². The first-order valence-electron chi connectivity index (χ1n) is 12.0. The van der Waals surface area contributed by atoms with Crippen molar-refractivity contribution in [1.29, 1.82) is 0 Å². The van der Waals surface area contributed by atoms with Crippen molar-refractivity contribution in [2.75, 3.05) is 7.11 Å². The van der Waals surface area contributed by atoms with E-state index in [4.69, 9.17) is 9.47 Å². The van der Waals surface area contributed by atoms with E-state index >= 15 is 0 Å². The number of amides is 2. The summed E-state index contributed by atoms with van der Waals surface area (Å²) in [4.78, 5) is 41.0. The van der Waals surface area contributed by atoms with Gasteiger partial charge < -0.3 is 9.47 Å². The second kappa shape index (κ2) is 11.4. The molecule has 1 aliphatic heterocycles. The highest BCUT2D eigenvalue weighted by molar-refractivity contribution is 6.23. The predicted molar refractivity (Wildman–Crippen MR) is 138 cm³/mol. The predicted octanol–water partition coefficient (Wildman–Crippen LogP) is 6.33. The zero-order valence-corrected chi connectivity index (χ0v) is 20.9. The van der Waals surface area contributed by atoms with Gasteiger partial charge in [0.05, 0.1) is 23.9 Å². The lowest BCUT2D eigenvalue weighted by molar-refractivity contribution is 0.0576. The Morgan fingerprint density at radius 1 is 0.865 bits per heavy atom. The molecule has 0 bridgehead atoms. The number of carbonyl (C=O) groups excluding carboxylic acids is 3. The Hall–Kier alpha value is -4.59. The van der Waals surface area contributed by atoms with Gasteiger partial charge in [-0.15, -0.1) is 10.2 Å². The number of hydrogen-bond donors (Lipinski definition) is 0. The fraction of sp³-hybridized carbons (Fsp3) is 0.207. The quantitative estimate of drug-likeness (QED) is 0.107. The van der Waals surface area contributed by atoms with Gasteiger partial charge in [0.15, 0.2) is 0 Å². The molecule has 1 aliphatic rings. The van der Waals surface area contributed by atoms with E-state index < -0.39 is 11.7 Å². The summed E-state index contributed by atoms with van der Waals surface area (Å²) >= 11 is 0. The molecule has 0 unspecified atom stereocenters. The van der Waals surface area contributed by atoms with Crippen LogP contribution in [0.15, 0.2) is 101 Å². The van der Waals surface area contributed by atoms with Crippen molar-refractivity contribution in [3.63, 3.8) is 0 Å². The van der Waals surface area contributed by atoms with E-state index in [0.29, 0.717) is 24.2 Å². The van der Waals surface area contributed by atoms with Crippen LogP contribution < -0.4 is 4.74 Å². The maximum atomic E-state index is 13.4. The van der Waals surface area contributed by atoms with Crippen LogP contribution in [0.1, 0.15) is 57.8 Å². The van der Waals surface area contributed by atoms with Gasteiger partial charge in [0, 0.05) is 11.6 Å². The average molecular weight is 498 g/mol. The number of allylic oxidation sites excluding steroid dienone is 1. The largest absolute Gasteiger partial charge is 0.467 e. The molecule has 0 spiro atoms. The Kier molecular flexibility index (Phi) is 7.88. The van der Waals surface area contributed by atoms with E-state index in [0.717, 1.165) is 0 Å². The molecule has 3 aromatic carbocycles. The number of ether oxygens (including phenoxy) is 2. The van der Waals surface area contributed by atoms with E-state index in [2.05, 4.69) is 10.2 Å². The first-order valence-corrected chi connectivity index (χ1v) is 12.0. The molecule has 0 N–H and O–H groups in total. The normalized spacial score (nSPS) is 13.7. The van der Waals surface area contributed by atoms with Crippen molar-refractivity contribution in [3.05, 3.63) is 107 Å². The second-order valence-corrected chi connectivity index (χ2v) is 8.30. The lowest BCUT2D eigenvalue weighted by atomic mass is 10.1. The number of ketones is 1. The van der Waals surface area contributed by atoms with Gasteiger partial charge in [-0.2, -0.15) is 0 Å². The van der Waals surface area contributed by atoms with Crippen LogP contribution in [-0.4, -0.2) is 35.6 Å². The van der Waals surface area contributed by atoms with Gasteiger partial charge in [0.1, 0.15) is 5.75 Å². The number of nitrogens with zero attached hydrogens (tertiary/aromatic N) is 3. The van der Waals surface area contributed by atoms with Crippen LogP contribution in [0, 0.1) is 0 Å². The van der Waals surface area contributed by atoms with Gasteiger partial charge in [-0.1, -0.05) is 68.4 Å². The molecule has 0 atom stereocenters. The Morgan fingerprint density at radius 2 is 1.51 bits per heavy atom. The summed E-state index contributed by atoms with van der Waals surface area (Å²) < 4.78 is 11.2. The van der Waals surface area contributed by atoms with Crippen LogP contribution in [0.25, 0.3) is 0 Å². The molecule has 0 saturated carbocycles. The zero-order chi connectivity index (χ0) is 26.4. The third-order valence-electron chi connectivity index (χ3n) is 6.07. The number of rotatable bonds is 10. The smallest absolute Gasteiger partial charge is 0.317 e. The van der Waals surface area contributed by atoms with Gasteiger partial charge in [-0.25, -0.2) is 0 Å². The number of benzene rings is 3. The molecule has 2 amide bonds. The average Bonchev–Trinajstić information content (AvgIpc) is 3.20. The fourth-order valence-corrected chi connectivity index (χ4v) is 4.15. The van der Waals surface area contributed by atoms with Gasteiger partial charge in [0.2, 0.25) is 11.5 Å². The number of carbonyl (C=O) groups is 3. The molecule has 0 saturated heterocycles. The lowest BCUT2D eigenvalue weighted by Crippen LogP contribution is -2.39. The van der Waals surface area contributed by atoms with Gasteiger partial charge >= 0.3 is 5.95 Å². The van der Waals surface area contributed by atoms with Crippen LogP contribution in [0.4, 0.5) is 5.69 Å². The molecular weight excluding hydrogens is 470 g/mol. The molecule has 0 aromatic heterocycles. The van der Waals surface area contributed by atoms with Crippen molar-refractivity contribution < 1.29 is 23.9 Å². The van der Waals surface area contributed by atoms with Crippen LogP contribution in [0.5, 0.6) is 5.75 Å². The third-order valence-corrected chi connectivity index (χ3v) is 6.07. The fourth-order valence-electron chi connectivity index (χ4n) is 4.15. The highest BCUT2D eigenvalue weighted by Gasteiger charge is 2.40. The zero-order valence-electron chi connectivity index (χ0n) is 20.9. The maximum Gasteiger partial charge on any atom is 0.317 e. The van der Waals surface area contributed by atoms with Crippen molar-refractivity contribution in [3.8, 4) is 5.75 Å². The van der Waals surface area contributed by atoms with E-state index in [9.17, 15) is 14.4 Å². The number of hydrogen-bond acceptors (Lipinski definition) is 7. The number of azo groups is 1. The summed E-state index contributed by atoms with van der Waals surface area (Å²) in [5.74, 6) is -0.971. The van der Waals surface area contributed by atoms with E-state index in [-0.39, 0.29) is 40.4 Å². The van der Waals surface area contributed by atoms with Crippen molar-refractivity contribution >= 4 is 23.3 Å². The number of para-hydroxylation sites is 1. The molecule has 37 heavy (non-hydrogen) atoms. The molecule has 8 heteroatoms. The first kappa shape index (κ1) is 25.5. The van der Waals surface area contributed by atoms with Crippen LogP contribution in [0.3, 0.4) is 0 Å². The Balaban J connectivity index is 1.78. The molecule has 4 rings (SSSR count). The summed E-state index contributed by atoms with van der Waals surface area (Å²) in [6.07, 6.45) is 1.29. The molecule has 1 heterocycles. The van der Waals surface area contributed by atoms with Gasteiger partial charge in [-0.05, 0) is 37.1 Å². The third kappa shape index (κ3) is 5.18. The van der Waals surface area contributed by atoms with Crippen LogP contribution in [0.2, 0.25) is 0 Å². The molecule has 0 aliphatic carbocycles. The minimum atomic E-state index is -0.481. The summed E-state index contributed by atoms with van der Waals surface area (Å²) in [5.41, 5.74) is 0.770. The van der Waals surface area contributed by atoms with E-state index in [1.807, 2.05) is 19.9 Å². The van der Waals surface area contributed by atoms with Crippen molar-refractivity contribution in [1.82, 2.24) is 4.90 Å². The Labute approximate surface area is 215 Å². The molecular formula is C29H27N3O5. The van der Waals surface area contributed by atoms with Gasteiger partial charge in [-0.3, -0.25) is 19.3 Å². The second-order valence-electron chi connectivity index (χ2n) is 8.30. The summed E-state index contributed by atoms with van der Waals surface area (Å²) in [7, 11) is 1.36. The van der Waals surface area contributed by atoms with Gasteiger partial charge in [0.25, 0.3) is 11.8 Å². The number of Topliss-reactive ketones (excluding diaryl/α,β-unsaturated/α-hetero) is 1. The monoisotopic (exact) mass is 497 g/mol. The maximum absolute atomic E-state index is 13.4. The standard InChI is InChI=1S/C29H27N3O5/c1-4-20(5-2)32-27(34)22-17-12-18-23(24(22)28(32)35)30-31-25(26(33)19-13-8-6-9-14-19)29(36-3)37-21-15-10-7-11-16-21/h6-18,20H,4-5H2,1-3H3/b29-25+,31-30?. The molecule has 3 aromatic rings. The number of methoxy groups -OCH3 is 1. The topological polar surface area (TPSA) is 97.6 Å². The molecule has 0 fully saturated rings. The molecule has 8 nitrogen and oxygen atoms in total. The van der Waals surface area contributed by atoms with Crippen molar-refractivity contribution in [2.24, 2.45) is 10.2 Å². The highest BCUT2D eigenvalue weighted by atomic mass is 16.7. The van der Waals surface area contributed by atoms with E-state index in [1.165, 1.54) is 12.0 Å². The molecule has 188 valence electrons. The summed E-state index contributed by atoms with van der Waals surface area (Å²) in [6.45, 7) is 3.87. The number of fused-ring (bicyclic) bond motifs is 1. The lowest BCUT2D eigenvalue weighted by Gasteiger charge is -2.23. The van der Waals surface area contributed by atoms with Crippen LogP contribution in [-0.2, 0) is 4.74 Å². The SMILES string of the molecule is CCC(CC)N1C(=O)c2cccc(N=N/C(C(=O)c3ccccc3)=C(\OC)Oc3ccccc3)c2C1=O. The first-order chi connectivity index (χ1) is 18.0. The van der Waals surface area contributed by atoms with Crippen molar-refractivity contribution in [2.45, 2.75) is 32.7 Å². The Morgan fingerprint density at radius 3 is 2.14 bits per heavy atom. The minimum Gasteiger partial charge on any atom is -0.467 e. The Bertz CT molecular complexity index is 1360.